The Morgan fingerprint density at radius 2 is 2.12 bits per heavy atom. The molecule has 0 aromatic carbocycles. The molecule has 0 amide bonds. The van der Waals surface area contributed by atoms with E-state index < -0.39 is 5.54 Å². The minimum Gasteiger partial charge on any atom is -0.468 e. The van der Waals surface area contributed by atoms with E-state index in [2.05, 4.69) is 5.32 Å². The van der Waals surface area contributed by atoms with Crippen LogP contribution in [0.15, 0.2) is 0 Å². The standard InChI is InChI=1S/C12H21NO3/c1-15-11(14)12(6-2-3-7-13-12)10-4-8-16-9-5-10/h10,13H,2-9H2,1H3. The monoisotopic (exact) mass is 227 g/mol. The molecule has 0 aromatic rings. The van der Waals surface area contributed by atoms with E-state index in [9.17, 15) is 4.79 Å². The van der Waals surface area contributed by atoms with E-state index in [1.165, 1.54) is 7.11 Å². The molecular weight excluding hydrogens is 206 g/mol. The van der Waals surface area contributed by atoms with Crippen molar-refractivity contribution in [2.75, 3.05) is 26.9 Å². The van der Waals surface area contributed by atoms with Gasteiger partial charge in [-0.15, -0.1) is 0 Å². The third kappa shape index (κ3) is 2.09. The fourth-order valence-electron chi connectivity index (χ4n) is 2.99. The molecule has 4 heteroatoms. The summed E-state index contributed by atoms with van der Waals surface area (Å²) in [7, 11) is 1.49. The molecule has 0 spiro atoms. The van der Waals surface area contributed by atoms with Crippen LogP contribution in [0.3, 0.4) is 0 Å². The lowest BCUT2D eigenvalue weighted by Crippen LogP contribution is -2.61. The number of carbonyl (C=O) groups is 1. The first-order valence-electron chi connectivity index (χ1n) is 6.21. The molecule has 1 unspecified atom stereocenters. The van der Waals surface area contributed by atoms with Gasteiger partial charge in [0.25, 0.3) is 0 Å². The van der Waals surface area contributed by atoms with Gasteiger partial charge < -0.3 is 14.8 Å². The van der Waals surface area contributed by atoms with Crippen LogP contribution >= 0.6 is 0 Å². The largest absolute Gasteiger partial charge is 0.468 e. The summed E-state index contributed by atoms with van der Waals surface area (Å²) in [6.07, 6.45) is 5.09. The molecule has 1 atom stereocenters. The molecule has 2 aliphatic rings. The topological polar surface area (TPSA) is 47.6 Å². The molecule has 0 bridgehead atoms. The SMILES string of the molecule is COC(=O)C1(C2CCOCC2)CCCCN1. The first-order valence-corrected chi connectivity index (χ1v) is 6.21. The number of nitrogens with one attached hydrogen (secondary N) is 1. The average molecular weight is 227 g/mol. The molecule has 16 heavy (non-hydrogen) atoms. The molecule has 1 N–H and O–H groups in total. The zero-order valence-electron chi connectivity index (χ0n) is 9.96. The summed E-state index contributed by atoms with van der Waals surface area (Å²) in [6.45, 7) is 2.46. The van der Waals surface area contributed by atoms with E-state index >= 15 is 0 Å². The van der Waals surface area contributed by atoms with Crippen molar-refractivity contribution in [3.63, 3.8) is 0 Å². The minimum atomic E-state index is -0.434. The summed E-state index contributed by atoms with van der Waals surface area (Å²) in [5, 5.41) is 3.42. The van der Waals surface area contributed by atoms with Gasteiger partial charge in [-0.3, -0.25) is 4.79 Å². The third-order valence-corrected chi connectivity index (χ3v) is 3.91. The Bertz CT molecular complexity index is 243. The van der Waals surface area contributed by atoms with Crippen molar-refractivity contribution in [1.82, 2.24) is 5.32 Å². The quantitative estimate of drug-likeness (QED) is 0.718. The minimum absolute atomic E-state index is 0.0842. The van der Waals surface area contributed by atoms with E-state index in [0.29, 0.717) is 5.92 Å². The van der Waals surface area contributed by atoms with E-state index in [0.717, 1.165) is 51.9 Å². The lowest BCUT2D eigenvalue weighted by molar-refractivity contribution is -0.154. The number of carbonyl (C=O) groups excluding carboxylic acids is 1. The van der Waals surface area contributed by atoms with Gasteiger partial charge in [0.1, 0.15) is 5.54 Å². The maximum Gasteiger partial charge on any atom is 0.326 e. The van der Waals surface area contributed by atoms with Gasteiger partial charge in [0.15, 0.2) is 0 Å². The number of esters is 1. The number of hydrogen-bond acceptors (Lipinski definition) is 4. The van der Waals surface area contributed by atoms with Crippen molar-refractivity contribution in [3.05, 3.63) is 0 Å². The summed E-state index contributed by atoms with van der Waals surface area (Å²) in [5.41, 5.74) is -0.434. The molecule has 0 aromatic heterocycles. The molecule has 2 heterocycles. The van der Waals surface area contributed by atoms with Crippen molar-refractivity contribution < 1.29 is 14.3 Å². The van der Waals surface area contributed by atoms with Crippen LogP contribution in [-0.2, 0) is 14.3 Å². The average Bonchev–Trinajstić information content (AvgIpc) is 2.39. The van der Waals surface area contributed by atoms with Crippen molar-refractivity contribution >= 4 is 5.97 Å². The lowest BCUT2D eigenvalue weighted by Gasteiger charge is -2.43. The Hall–Kier alpha value is -0.610. The molecule has 2 fully saturated rings. The van der Waals surface area contributed by atoms with Crippen molar-refractivity contribution in [2.45, 2.75) is 37.6 Å². The normalized spacial score (nSPS) is 32.3. The highest BCUT2D eigenvalue weighted by atomic mass is 16.5. The zero-order valence-corrected chi connectivity index (χ0v) is 9.96. The Morgan fingerprint density at radius 1 is 1.38 bits per heavy atom. The molecule has 2 saturated heterocycles. The van der Waals surface area contributed by atoms with Gasteiger partial charge in [-0.05, 0) is 44.6 Å². The molecule has 2 aliphatic heterocycles. The molecule has 4 nitrogen and oxygen atoms in total. The fourth-order valence-corrected chi connectivity index (χ4v) is 2.99. The lowest BCUT2D eigenvalue weighted by atomic mass is 9.74. The number of piperidine rings is 1. The summed E-state index contributed by atoms with van der Waals surface area (Å²) in [5.74, 6) is 0.285. The summed E-state index contributed by atoms with van der Waals surface area (Å²) < 4.78 is 10.4. The van der Waals surface area contributed by atoms with Crippen LogP contribution in [0.2, 0.25) is 0 Å². The number of ether oxygens (including phenoxy) is 2. The van der Waals surface area contributed by atoms with E-state index in [-0.39, 0.29) is 5.97 Å². The van der Waals surface area contributed by atoms with Gasteiger partial charge in [-0.2, -0.15) is 0 Å². The van der Waals surface area contributed by atoms with E-state index in [1.54, 1.807) is 0 Å². The fraction of sp³-hybridized carbons (Fsp3) is 0.917. The predicted molar refractivity (Wildman–Crippen MR) is 60.1 cm³/mol. The second-order valence-electron chi connectivity index (χ2n) is 4.73. The van der Waals surface area contributed by atoms with Crippen LogP contribution in [0.4, 0.5) is 0 Å². The second-order valence-corrected chi connectivity index (χ2v) is 4.73. The van der Waals surface area contributed by atoms with Gasteiger partial charge >= 0.3 is 5.97 Å². The Kier molecular flexibility index (Phi) is 3.82. The number of hydrogen-bond donors (Lipinski definition) is 1. The predicted octanol–water partition coefficient (Wildman–Crippen LogP) is 1.10. The van der Waals surface area contributed by atoms with Crippen LogP contribution in [0.1, 0.15) is 32.1 Å². The summed E-state index contributed by atoms with van der Waals surface area (Å²) in [6, 6.07) is 0. The molecular formula is C12H21NO3. The molecule has 0 saturated carbocycles. The zero-order chi connectivity index (χ0) is 11.4. The Morgan fingerprint density at radius 3 is 2.69 bits per heavy atom. The number of methoxy groups -OCH3 is 1. The van der Waals surface area contributed by atoms with Crippen molar-refractivity contribution in [3.8, 4) is 0 Å². The first kappa shape index (κ1) is 11.9. The maximum atomic E-state index is 12.1. The molecule has 2 rings (SSSR count). The van der Waals surface area contributed by atoms with Gasteiger partial charge in [0.05, 0.1) is 7.11 Å². The summed E-state index contributed by atoms with van der Waals surface area (Å²) in [4.78, 5) is 12.1. The maximum absolute atomic E-state index is 12.1. The van der Waals surface area contributed by atoms with Gasteiger partial charge in [-0.25, -0.2) is 0 Å². The van der Waals surface area contributed by atoms with Gasteiger partial charge in [0, 0.05) is 13.2 Å². The summed E-state index contributed by atoms with van der Waals surface area (Å²) >= 11 is 0. The van der Waals surface area contributed by atoms with Gasteiger partial charge in [0.2, 0.25) is 0 Å². The van der Waals surface area contributed by atoms with Crippen LogP contribution in [0.25, 0.3) is 0 Å². The van der Waals surface area contributed by atoms with Crippen LogP contribution in [-0.4, -0.2) is 38.4 Å². The highest BCUT2D eigenvalue weighted by molar-refractivity contribution is 5.81. The Labute approximate surface area is 96.7 Å². The van der Waals surface area contributed by atoms with Crippen molar-refractivity contribution in [1.29, 1.82) is 0 Å². The van der Waals surface area contributed by atoms with E-state index in [4.69, 9.17) is 9.47 Å². The highest BCUT2D eigenvalue weighted by Crippen LogP contribution is 2.34. The second kappa shape index (κ2) is 5.15. The van der Waals surface area contributed by atoms with Crippen LogP contribution in [0.5, 0.6) is 0 Å². The smallest absolute Gasteiger partial charge is 0.326 e. The number of rotatable bonds is 2. The third-order valence-electron chi connectivity index (χ3n) is 3.91. The molecule has 0 radical (unpaired) electrons. The van der Waals surface area contributed by atoms with Crippen molar-refractivity contribution in [2.24, 2.45) is 5.92 Å². The van der Waals surface area contributed by atoms with Gasteiger partial charge in [-0.1, -0.05) is 0 Å². The van der Waals surface area contributed by atoms with E-state index in [1.807, 2.05) is 0 Å². The highest BCUT2D eigenvalue weighted by Gasteiger charge is 2.47. The Balaban J connectivity index is 2.14. The first-order chi connectivity index (χ1) is 7.79. The molecule has 0 aliphatic carbocycles. The molecule has 92 valence electrons. The van der Waals surface area contributed by atoms with Crippen LogP contribution in [0, 0.1) is 5.92 Å². The van der Waals surface area contributed by atoms with Crippen LogP contribution < -0.4 is 5.32 Å².